The number of anilines is 1. The Morgan fingerprint density at radius 3 is 2.57 bits per heavy atom. The Morgan fingerprint density at radius 2 is 1.95 bits per heavy atom. The van der Waals surface area contributed by atoms with Gasteiger partial charge in [-0.25, -0.2) is 4.68 Å². The molecule has 21 heavy (non-hydrogen) atoms. The summed E-state index contributed by atoms with van der Waals surface area (Å²) < 4.78 is 1.49. The highest BCUT2D eigenvalue weighted by molar-refractivity contribution is 5.39. The Labute approximate surface area is 125 Å². The van der Waals surface area contributed by atoms with Crippen LogP contribution in [-0.4, -0.2) is 16.3 Å². The summed E-state index contributed by atoms with van der Waals surface area (Å²) in [5, 5.41) is 7.46. The van der Waals surface area contributed by atoms with Gasteiger partial charge in [-0.2, -0.15) is 5.10 Å². The van der Waals surface area contributed by atoms with Crippen molar-refractivity contribution in [2.75, 3.05) is 11.9 Å². The quantitative estimate of drug-likeness (QED) is 0.918. The standard InChI is InChI=1S/C17H23N3O/c1-12(2)9-18-16-8-17(21)20(19-10-16)11-15-6-5-13(3)14(4)7-15/h5-8,10,12,18H,9,11H2,1-4H3. The molecule has 0 bridgehead atoms. The first-order valence-electron chi connectivity index (χ1n) is 7.33. The van der Waals surface area contributed by atoms with Crippen LogP contribution in [0.25, 0.3) is 0 Å². The SMILES string of the molecule is Cc1ccc(Cn2ncc(NCC(C)C)cc2=O)cc1C. The van der Waals surface area contributed by atoms with Crippen molar-refractivity contribution < 1.29 is 0 Å². The van der Waals surface area contributed by atoms with Crippen molar-refractivity contribution in [2.24, 2.45) is 5.92 Å². The lowest BCUT2D eigenvalue weighted by atomic mass is 10.1. The van der Waals surface area contributed by atoms with Crippen molar-refractivity contribution in [2.45, 2.75) is 34.2 Å². The molecule has 0 aliphatic heterocycles. The molecule has 4 nitrogen and oxygen atoms in total. The molecule has 0 amide bonds. The molecule has 1 N–H and O–H groups in total. The lowest BCUT2D eigenvalue weighted by Crippen LogP contribution is -2.23. The summed E-state index contributed by atoms with van der Waals surface area (Å²) >= 11 is 0. The molecule has 0 aliphatic rings. The highest BCUT2D eigenvalue weighted by Crippen LogP contribution is 2.10. The smallest absolute Gasteiger partial charge is 0.269 e. The van der Waals surface area contributed by atoms with Crippen LogP contribution in [0.3, 0.4) is 0 Å². The van der Waals surface area contributed by atoms with Gasteiger partial charge in [-0.05, 0) is 36.5 Å². The normalized spacial score (nSPS) is 10.9. The van der Waals surface area contributed by atoms with Crippen LogP contribution in [0.5, 0.6) is 0 Å². The Balaban J connectivity index is 2.13. The van der Waals surface area contributed by atoms with E-state index in [9.17, 15) is 4.79 Å². The molecule has 0 fully saturated rings. The summed E-state index contributed by atoms with van der Waals surface area (Å²) in [6.45, 7) is 9.75. The van der Waals surface area contributed by atoms with Crippen LogP contribution in [0.2, 0.25) is 0 Å². The van der Waals surface area contributed by atoms with Crippen LogP contribution < -0.4 is 10.9 Å². The zero-order valence-corrected chi connectivity index (χ0v) is 13.2. The topological polar surface area (TPSA) is 46.9 Å². The van der Waals surface area contributed by atoms with Gasteiger partial charge in [0.1, 0.15) is 0 Å². The van der Waals surface area contributed by atoms with Crippen molar-refractivity contribution in [1.82, 2.24) is 9.78 Å². The largest absolute Gasteiger partial charge is 0.383 e. The van der Waals surface area contributed by atoms with Gasteiger partial charge in [-0.1, -0.05) is 32.0 Å². The van der Waals surface area contributed by atoms with Crippen LogP contribution in [-0.2, 0) is 6.54 Å². The van der Waals surface area contributed by atoms with Crippen molar-refractivity contribution >= 4 is 5.69 Å². The zero-order chi connectivity index (χ0) is 15.4. The fourth-order valence-corrected chi connectivity index (χ4v) is 2.05. The Morgan fingerprint density at radius 1 is 1.19 bits per heavy atom. The van der Waals surface area contributed by atoms with Crippen LogP contribution in [0, 0.1) is 19.8 Å². The van der Waals surface area contributed by atoms with Crippen molar-refractivity contribution in [3.8, 4) is 0 Å². The number of rotatable bonds is 5. The Hall–Kier alpha value is -2.10. The predicted octanol–water partition coefficient (Wildman–Crippen LogP) is 2.98. The van der Waals surface area contributed by atoms with Crippen LogP contribution in [0.1, 0.15) is 30.5 Å². The van der Waals surface area contributed by atoms with E-state index >= 15 is 0 Å². The van der Waals surface area contributed by atoms with E-state index in [1.807, 2.05) is 6.07 Å². The molecule has 0 aliphatic carbocycles. The molecule has 2 aromatic rings. The minimum Gasteiger partial charge on any atom is -0.383 e. The molecular weight excluding hydrogens is 262 g/mol. The highest BCUT2D eigenvalue weighted by Gasteiger charge is 2.03. The first kappa shape index (κ1) is 15.3. The maximum absolute atomic E-state index is 12.1. The molecule has 2 rings (SSSR count). The van der Waals surface area contributed by atoms with Gasteiger partial charge < -0.3 is 5.32 Å². The number of aromatic nitrogens is 2. The maximum Gasteiger partial charge on any atom is 0.269 e. The summed E-state index contributed by atoms with van der Waals surface area (Å²) in [7, 11) is 0. The number of nitrogens with zero attached hydrogens (tertiary/aromatic N) is 2. The molecule has 0 saturated carbocycles. The van der Waals surface area contributed by atoms with Crippen molar-refractivity contribution in [3.05, 3.63) is 57.5 Å². The van der Waals surface area contributed by atoms with Gasteiger partial charge in [0, 0.05) is 12.6 Å². The van der Waals surface area contributed by atoms with E-state index < -0.39 is 0 Å². The summed E-state index contributed by atoms with van der Waals surface area (Å²) in [6, 6.07) is 7.83. The van der Waals surface area contributed by atoms with Crippen LogP contribution in [0.15, 0.2) is 35.3 Å². The molecule has 1 aromatic carbocycles. The molecule has 0 radical (unpaired) electrons. The number of hydrogen-bond donors (Lipinski definition) is 1. The average Bonchev–Trinajstić information content (AvgIpc) is 2.43. The summed E-state index contributed by atoms with van der Waals surface area (Å²) in [6.07, 6.45) is 1.71. The van der Waals surface area contributed by atoms with Crippen LogP contribution >= 0.6 is 0 Å². The van der Waals surface area contributed by atoms with Crippen LogP contribution in [0.4, 0.5) is 5.69 Å². The average molecular weight is 285 g/mol. The second-order valence-electron chi connectivity index (χ2n) is 5.93. The lowest BCUT2D eigenvalue weighted by Gasteiger charge is -2.10. The number of hydrogen-bond acceptors (Lipinski definition) is 3. The zero-order valence-electron chi connectivity index (χ0n) is 13.2. The number of aryl methyl sites for hydroxylation is 2. The summed E-state index contributed by atoms with van der Waals surface area (Å²) in [5.41, 5.74) is 4.28. The molecule has 4 heteroatoms. The van der Waals surface area contributed by atoms with E-state index in [2.05, 4.69) is 50.2 Å². The Bertz CT molecular complexity index is 674. The van der Waals surface area contributed by atoms with Gasteiger partial charge in [0.2, 0.25) is 0 Å². The second-order valence-corrected chi connectivity index (χ2v) is 5.93. The molecule has 0 unspecified atom stereocenters. The molecule has 0 atom stereocenters. The monoisotopic (exact) mass is 285 g/mol. The number of benzene rings is 1. The van der Waals surface area contributed by atoms with Gasteiger partial charge in [-0.3, -0.25) is 4.79 Å². The van der Waals surface area contributed by atoms with Gasteiger partial charge >= 0.3 is 0 Å². The lowest BCUT2D eigenvalue weighted by molar-refractivity contribution is 0.636. The third-order valence-electron chi connectivity index (χ3n) is 3.49. The van der Waals surface area contributed by atoms with E-state index in [4.69, 9.17) is 0 Å². The fraction of sp³-hybridized carbons (Fsp3) is 0.412. The fourth-order valence-electron chi connectivity index (χ4n) is 2.05. The van der Waals surface area contributed by atoms with Gasteiger partial charge in [0.15, 0.2) is 0 Å². The maximum atomic E-state index is 12.1. The number of nitrogens with one attached hydrogen (secondary N) is 1. The van der Waals surface area contributed by atoms with Gasteiger partial charge in [0.05, 0.1) is 18.4 Å². The summed E-state index contributed by atoms with van der Waals surface area (Å²) in [5.74, 6) is 0.531. The third kappa shape index (κ3) is 4.18. The summed E-state index contributed by atoms with van der Waals surface area (Å²) in [4.78, 5) is 12.1. The first-order valence-corrected chi connectivity index (χ1v) is 7.33. The predicted molar refractivity (Wildman–Crippen MR) is 86.8 cm³/mol. The van der Waals surface area contributed by atoms with Crippen molar-refractivity contribution in [1.29, 1.82) is 0 Å². The minimum atomic E-state index is -0.0815. The molecule has 112 valence electrons. The van der Waals surface area contributed by atoms with E-state index in [0.29, 0.717) is 12.5 Å². The molecule has 1 aromatic heterocycles. The third-order valence-corrected chi connectivity index (χ3v) is 3.49. The van der Waals surface area contributed by atoms with Crippen molar-refractivity contribution in [3.63, 3.8) is 0 Å². The molecule has 0 spiro atoms. The minimum absolute atomic E-state index is 0.0815. The van der Waals surface area contributed by atoms with E-state index in [1.54, 1.807) is 12.3 Å². The molecular formula is C17H23N3O. The van der Waals surface area contributed by atoms with E-state index in [1.165, 1.54) is 15.8 Å². The molecule has 1 heterocycles. The Kier molecular flexibility index (Phi) is 4.78. The van der Waals surface area contributed by atoms with Gasteiger partial charge in [-0.15, -0.1) is 0 Å². The highest BCUT2D eigenvalue weighted by atomic mass is 16.1. The first-order chi connectivity index (χ1) is 9.95. The van der Waals surface area contributed by atoms with E-state index in [-0.39, 0.29) is 5.56 Å². The van der Waals surface area contributed by atoms with Gasteiger partial charge in [0.25, 0.3) is 5.56 Å². The molecule has 0 saturated heterocycles. The second kappa shape index (κ2) is 6.57. The van der Waals surface area contributed by atoms with E-state index in [0.717, 1.165) is 17.8 Å².